The number of carbonyl (C=O) groups is 1. The summed E-state index contributed by atoms with van der Waals surface area (Å²) in [5.41, 5.74) is -0.475. The SMILES string of the molecule is CC(C)(C)OC(=O)N1CC2CN(CC#N)CC(C1)O2. The summed E-state index contributed by atoms with van der Waals surface area (Å²) in [6, 6.07) is 2.16. The Kier molecular flexibility index (Phi) is 3.97. The molecule has 0 aromatic rings. The number of morpholine rings is 2. The smallest absolute Gasteiger partial charge is 0.410 e. The molecule has 0 aliphatic carbocycles. The molecule has 0 spiro atoms. The van der Waals surface area contributed by atoms with Crippen molar-refractivity contribution in [2.75, 3.05) is 32.7 Å². The van der Waals surface area contributed by atoms with Gasteiger partial charge in [-0.05, 0) is 20.8 Å². The molecule has 0 saturated carbocycles. The molecule has 106 valence electrons. The van der Waals surface area contributed by atoms with Crippen LogP contribution < -0.4 is 0 Å². The standard InChI is InChI=1S/C13H21N3O3/c1-13(2,3)19-12(17)16-8-10-6-15(5-4-14)7-11(9-16)18-10/h10-11H,5-9H2,1-3H3. The molecule has 2 heterocycles. The Bertz CT molecular complexity index is 372. The first-order chi connectivity index (χ1) is 8.87. The molecule has 2 aliphatic heterocycles. The third-order valence-electron chi connectivity index (χ3n) is 3.10. The van der Waals surface area contributed by atoms with Crippen LogP contribution in [0.5, 0.6) is 0 Å². The van der Waals surface area contributed by atoms with Crippen LogP contribution in [0.3, 0.4) is 0 Å². The molecule has 6 nitrogen and oxygen atoms in total. The highest BCUT2D eigenvalue weighted by Crippen LogP contribution is 2.20. The van der Waals surface area contributed by atoms with Crippen LogP contribution >= 0.6 is 0 Å². The third-order valence-corrected chi connectivity index (χ3v) is 3.10. The van der Waals surface area contributed by atoms with Crippen molar-refractivity contribution in [1.29, 1.82) is 5.26 Å². The quantitative estimate of drug-likeness (QED) is 0.658. The summed E-state index contributed by atoms with van der Waals surface area (Å²) in [5, 5.41) is 8.73. The molecule has 0 N–H and O–H groups in total. The van der Waals surface area contributed by atoms with Crippen LogP contribution in [0.2, 0.25) is 0 Å². The molecule has 2 fully saturated rings. The predicted molar refractivity (Wildman–Crippen MR) is 68.5 cm³/mol. The fraction of sp³-hybridized carbons (Fsp3) is 0.846. The van der Waals surface area contributed by atoms with E-state index in [-0.39, 0.29) is 18.3 Å². The van der Waals surface area contributed by atoms with Crippen molar-refractivity contribution >= 4 is 6.09 Å². The second-order valence-electron chi connectivity index (χ2n) is 6.12. The zero-order valence-electron chi connectivity index (χ0n) is 11.8. The maximum absolute atomic E-state index is 12.0. The largest absolute Gasteiger partial charge is 0.444 e. The number of hydrogen-bond donors (Lipinski definition) is 0. The molecule has 2 rings (SSSR count). The minimum absolute atomic E-state index is 0.0200. The maximum Gasteiger partial charge on any atom is 0.410 e. The molecule has 2 atom stereocenters. The van der Waals surface area contributed by atoms with E-state index in [9.17, 15) is 4.79 Å². The molecule has 19 heavy (non-hydrogen) atoms. The Morgan fingerprint density at radius 2 is 1.89 bits per heavy atom. The Morgan fingerprint density at radius 3 is 2.37 bits per heavy atom. The van der Waals surface area contributed by atoms with E-state index in [0.29, 0.717) is 32.7 Å². The molecular formula is C13H21N3O3. The van der Waals surface area contributed by atoms with Crippen LogP contribution in [0, 0.1) is 11.3 Å². The molecule has 0 radical (unpaired) electrons. The summed E-state index contributed by atoms with van der Waals surface area (Å²) in [4.78, 5) is 15.8. The summed E-state index contributed by atoms with van der Waals surface area (Å²) >= 11 is 0. The van der Waals surface area contributed by atoms with Crippen LogP contribution in [0.15, 0.2) is 0 Å². The number of nitriles is 1. The highest BCUT2D eigenvalue weighted by atomic mass is 16.6. The van der Waals surface area contributed by atoms with Crippen molar-refractivity contribution in [3.8, 4) is 6.07 Å². The second kappa shape index (κ2) is 5.35. The van der Waals surface area contributed by atoms with Crippen molar-refractivity contribution < 1.29 is 14.3 Å². The number of rotatable bonds is 1. The molecule has 1 amide bonds. The van der Waals surface area contributed by atoms with Crippen molar-refractivity contribution in [3.63, 3.8) is 0 Å². The lowest BCUT2D eigenvalue weighted by Gasteiger charge is -2.45. The van der Waals surface area contributed by atoms with Crippen molar-refractivity contribution in [2.45, 2.75) is 38.6 Å². The van der Waals surface area contributed by atoms with Crippen LogP contribution in [-0.2, 0) is 9.47 Å². The number of nitrogens with zero attached hydrogens (tertiary/aromatic N) is 3. The summed E-state index contributed by atoms with van der Waals surface area (Å²) in [7, 11) is 0. The lowest BCUT2D eigenvalue weighted by atomic mass is 10.1. The zero-order chi connectivity index (χ0) is 14.0. The molecule has 0 aromatic carbocycles. The van der Waals surface area contributed by atoms with E-state index in [1.807, 2.05) is 20.8 Å². The van der Waals surface area contributed by atoms with Crippen molar-refractivity contribution in [1.82, 2.24) is 9.80 Å². The minimum atomic E-state index is -0.475. The Morgan fingerprint density at radius 1 is 1.32 bits per heavy atom. The third kappa shape index (κ3) is 3.82. The number of hydrogen-bond acceptors (Lipinski definition) is 5. The van der Waals surface area contributed by atoms with Crippen molar-refractivity contribution in [3.05, 3.63) is 0 Å². The number of carbonyl (C=O) groups excluding carboxylic acids is 1. The average Bonchev–Trinajstić information content (AvgIpc) is 2.25. The van der Waals surface area contributed by atoms with E-state index in [0.717, 1.165) is 0 Å². The molecule has 2 aliphatic rings. The maximum atomic E-state index is 12.0. The van der Waals surface area contributed by atoms with E-state index in [4.69, 9.17) is 14.7 Å². The molecule has 2 bridgehead atoms. The van der Waals surface area contributed by atoms with Crippen molar-refractivity contribution in [2.24, 2.45) is 0 Å². The first kappa shape index (κ1) is 14.1. The molecular weight excluding hydrogens is 246 g/mol. The van der Waals surface area contributed by atoms with Gasteiger partial charge in [0.15, 0.2) is 0 Å². The Labute approximate surface area is 113 Å². The average molecular weight is 267 g/mol. The molecule has 2 unspecified atom stereocenters. The monoisotopic (exact) mass is 267 g/mol. The Balaban J connectivity index is 1.92. The van der Waals surface area contributed by atoms with E-state index in [1.165, 1.54) is 0 Å². The number of ether oxygens (including phenoxy) is 2. The van der Waals surface area contributed by atoms with Gasteiger partial charge in [-0.1, -0.05) is 0 Å². The van der Waals surface area contributed by atoms with Gasteiger partial charge in [-0.3, -0.25) is 4.90 Å². The van der Waals surface area contributed by atoms with Gasteiger partial charge in [0.2, 0.25) is 0 Å². The van der Waals surface area contributed by atoms with Gasteiger partial charge in [-0.25, -0.2) is 4.79 Å². The fourth-order valence-electron chi connectivity index (χ4n) is 2.48. The van der Waals surface area contributed by atoms with Gasteiger partial charge >= 0.3 is 6.09 Å². The van der Waals surface area contributed by atoms with E-state index in [1.54, 1.807) is 4.90 Å². The van der Waals surface area contributed by atoms with E-state index >= 15 is 0 Å². The molecule has 6 heteroatoms. The summed E-state index contributed by atoms with van der Waals surface area (Å²) in [6.07, 6.45) is -0.318. The number of fused-ring (bicyclic) bond motifs is 2. The lowest BCUT2D eigenvalue weighted by Crippen LogP contribution is -2.60. The van der Waals surface area contributed by atoms with Crippen LogP contribution in [0.25, 0.3) is 0 Å². The van der Waals surface area contributed by atoms with Gasteiger partial charge in [0.05, 0.1) is 37.9 Å². The van der Waals surface area contributed by atoms with Gasteiger partial charge in [0, 0.05) is 13.1 Å². The summed E-state index contributed by atoms with van der Waals surface area (Å²) < 4.78 is 11.2. The van der Waals surface area contributed by atoms with Crippen LogP contribution in [0.4, 0.5) is 4.79 Å². The first-order valence-corrected chi connectivity index (χ1v) is 6.60. The van der Waals surface area contributed by atoms with Crippen LogP contribution in [0.1, 0.15) is 20.8 Å². The van der Waals surface area contributed by atoms with Gasteiger partial charge in [0.1, 0.15) is 5.60 Å². The normalized spacial score (nSPS) is 27.8. The molecule has 2 saturated heterocycles. The van der Waals surface area contributed by atoms with E-state index in [2.05, 4.69) is 11.0 Å². The van der Waals surface area contributed by atoms with Crippen LogP contribution in [-0.4, -0.2) is 66.4 Å². The van der Waals surface area contributed by atoms with E-state index < -0.39 is 5.60 Å². The topological polar surface area (TPSA) is 65.8 Å². The van der Waals surface area contributed by atoms with Gasteiger partial charge in [-0.15, -0.1) is 0 Å². The minimum Gasteiger partial charge on any atom is -0.444 e. The zero-order valence-corrected chi connectivity index (χ0v) is 11.8. The van der Waals surface area contributed by atoms with Gasteiger partial charge in [0.25, 0.3) is 0 Å². The fourth-order valence-corrected chi connectivity index (χ4v) is 2.48. The number of amides is 1. The highest BCUT2D eigenvalue weighted by Gasteiger charge is 2.37. The summed E-state index contributed by atoms with van der Waals surface area (Å²) in [6.45, 7) is 8.47. The first-order valence-electron chi connectivity index (χ1n) is 6.60. The lowest BCUT2D eigenvalue weighted by molar-refractivity contribution is -0.133. The van der Waals surface area contributed by atoms with Gasteiger partial charge < -0.3 is 14.4 Å². The highest BCUT2D eigenvalue weighted by molar-refractivity contribution is 5.68. The Hall–Kier alpha value is -1.32. The predicted octanol–water partition coefficient (Wildman–Crippen LogP) is 0.830. The second-order valence-corrected chi connectivity index (χ2v) is 6.12. The summed E-state index contributed by atoms with van der Waals surface area (Å²) in [5.74, 6) is 0. The van der Waals surface area contributed by atoms with Gasteiger partial charge in [-0.2, -0.15) is 5.26 Å². The molecule has 0 aromatic heterocycles.